The smallest absolute Gasteiger partial charge is 0.164 e. The van der Waals surface area contributed by atoms with Gasteiger partial charge in [-0.15, -0.1) is 11.3 Å². The number of nitrogens with zero attached hydrogens (tertiary/aromatic N) is 4. The maximum Gasteiger partial charge on any atom is 0.164 e. The first-order valence-corrected chi connectivity index (χ1v) is 16.9. The number of thiophene rings is 1. The van der Waals surface area contributed by atoms with Crippen LogP contribution in [0.2, 0.25) is 0 Å². The Bertz CT molecular complexity index is 2710. The van der Waals surface area contributed by atoms with Crippen LogP contribution in [0, 0.1) is 0 Å². The fourth-order valence-electron chi connectivity index (χ4n) is 7.06. The van der Waals surface area contributed by atoms with Crippen molar-refractivity contribution in [2.75, 3.05) is 0 Å². The number of benzene rings is 7. The summed E-state index contributed by atoms with van der Waals surface area (Å²) < 4.78 is 3.76. The maximum absolute atomic E-state index is 5.11. The van der Waals surface area contributed by atoms with E-state index in [-0.39, 0.29) is 0 Å². The van der Waals surface area contributed by atoms with Gasteiger partial charge < -0.3 is 4.57 Å². The average molecular weight is 631 g/mol. The summed E-state index contributed by atoms with van der Waals surface area (Å²) in [4.78, 5) is 15.2. The van der Waals surface area contributed by atoms with Crippen molar-refractivity contribution < 1.29 is 0 Å². The van der Waals surface area contributed by atoms with Crippen LogP contribution in [-0.4, -0.2) is 19.5 Å². The van der Waals surface area contributed by atoms with E-state index in [0.29, 0.717) is 17.5 Å². The quantitative estimate of drug-likeness (QED) is 0.178. The number of fused-ring (bicyclic) bond motifs is 2. The molecule has 0 fully saturated rings. The highest BCUT2D eigenvalue weighted by molar-refractivity contribution is 7.18. The molecule has 224 valence electrons. The summed E-state index contributed by atoms with van der Waals surface area (Å²) in [6, 6.07) is 53.4. The molecule has 0 saturated heterocycles. The van der Waals surface area contributed by atoms with Crippen molar-refractivity contribution in [3.05, 3.63) is 157 Å². The van der Waals surface area contributed by atoms with Crippen LogP contribution >= 0.6 is 11.3 Å². The number of aromatic nitrogens is 4. The molecular formula is C43H26N4S. The topological polar surface area (TPSA) is 43.6 Å². The third-order valence-electron chi connectivity index (χ3n) is 9.23. The van der Waals surface area contributed by atoms with Gasteiger partial charge in [-0.05, 0) is 63.7 Å². The molecule has 0 spiro atoms. The summed E-state index contributed by atoms with van der Waals surface area (Å²) in [6.07, 6.45) is 0. The standard InChI is InChI=1S/C43H26N4S/c1-4-11-27(12-5-1)32-23-33(43-45-41(29-13-6-2-7-14-29)44-42(46-43)30-15-8-3-9-16-30)25-34(24-32)47-36-18-10-17-28-19-20-35-39(38(28)36)37(47)26-31-21-22-48-40(31)35/h1-26H. The third-order valence-corrected chi connectivity index (χ3v) is 10.2. The zero-order valence-corrected chi connectivity index (χ0v) is 26.5. The first kappa shape index (κ1) is 27.0. The highest BCUT2D eigenvalue weighted by Crippen LogP contribution is 2.44. The summed E-state index contributed by atoms with van der Waals surface area (Å²) in [5, 5.41) is 8.61. The van der Waals surface area contributed by atoms with E-state index in [9.17, 15) is 0 Å². The highest BCUT2D eigenvalue weighted by atomic mass is 32.1. The van der Waals surface area contributed by atoms with Gasteiger partial charge in [-0.3, -0.25) is 0 Å². The molecule has 0 atom stereocenters. The van der Waals surface area contributed by atoms with Crippen molar-refractivity contribution in [2.45, 2.75) is 0 Å². The molecule has 0 aliphatic carbocycles. The lowest BCUT2D eigenvalue weighted by Gasteiger charge is -2.14. The molecule has 4 nitrogen and oxygen atoms in total. The van der Waals surface area contributed by atoms with E-state index in [1.165, 1.54) is 42.7 Å². The van der Waals surface area contributed by atoms with E-state index < -0.39 is 0 Å². The molecule has 0 N–H and O–H groups in total. The highest BCUT2D eigenvalue weighted by Gasteiger charge is 2.21. The van der Waals surface area contributed by atoms with Crippen molar-refractivity contribution in [3.63, 3.8) is 0 Å². The Morgan fingerprint density at radius 1 is 0.417 bits per heavy atom. The molecule has 5 heteroatoms. The van der Waals surface area contributed by atoms with Gasteiger partial charge >= 0.3 is 0 Å². The lowest BCUT2D eigenvalue weighted by Crippen LogP contribution is -2.01. The van der Waals surface area contributed by atoms with Gasteiger partial charge in [-0.25, -0.2) is 15.0 Å². The second-order valence-electron chi connectivity index (χ2n) is 12.1. The van der Waals surface area contributed by atoms with Gasteiger partial charge in [0, 0.05) is 43.2 Å². The van der Waals surface area contributed by atoms with Crippen molar-refractivity contribution >= 4 is 54.0 Å². The number of rotatable bonds is 5. The van der Waals surface area contributed by atoms with Gasteiger partial charge in [0.2, 0.25) is 0 Å². The molecule has 3 aromatic heterocycles. The van der Waals surface area contributed by atoms with Crippen molar-refractivity contribution in [2.24, 2.45) is 0 Å². The third kappa shape index (κ3) is 4.25. The van der Waals surface area contributed by atoms with Gasteiger partial charge in [0.15, 0.2) is 17.5 Å². The van der Waals surface area contributed by atoms with Gasteiger partial charge in [-0.1, -0.05) is 115 Å². The van der Waals surface area contributed by atoms with Crippen LogP contribution in [0.1, 0.15) is 0 Å². The summed E-state index contributed by atoms with van der Waals surface area (Å²) in [6.45, 7) is 0. The Labute approximate surface area is 280 Å². The predicted molar refractivity (Wildman–Crippen MR) is 200 cm³/mol. The first-order chi connectivity index (χ1) is 23.8. The second kappa shape index (κ2) is 10.7. The van der Waals surface area contributed by atoms with Crippen LogP contribution in [0.5, 0.6) is 0 Å². The number of hydrogen-bond donors (Lipinski definition) is 0. The van der Waals surface area contributed by atoms with E-state index in [1.807, 2.05) is 72.0 Å². The normalized spacial score (nSPS) is 11.8. The SMILES string of the molecule is c1ccc(-c2cc(-c3nc(-c4ccccc4)nc(-c4ccccc4)n3)cc(-n3c4cccc5ccc6c7sccc7cc3c6c54)c2)cc1. The van der Waals surface area contributed by atoms with E-state index in [0.717, 1.165) is 33.5 Å². The minimum absolute atomic E-state index is 0.634. The lowest BCUT2D eigenvalue weighted by atomic mass is 10.0. The van der Waals surface area contributed by atoms with E-state index in [2.05, 4.69) is 101 Å². The summed E-state index contributed by atoms with van der Waals surface area (Å²) in [7, 11) is 0. The molecule has 0 amide bonds. The van der Waals surface area contributed by atoms with E-state index >= 15 is 0 Å². The number of hydrogen-bond acceptors (Lipinski definition) is 4. The molecule has 0 radical (unpaired) electrons. The molecule has 3 heterocycles. The molecular weight excluding hydrogens is 605 g/mol. The zero-order chi connectivity index (χ0) is 31.6. The molecule has 0 aliphatic heterocycles. The van der Waals surface area contributed by atoms with Crippen LogP contribution in [0.15, 0.2) is 157 Å². The fraction of sp³-hybridized carbons (Fsp3) is 0. The molecule has 7 aromatic carbocycles. The average Bonchev–Trinajstić information content (AvgIpc) is 3.78. The minimum Gasteiger partial charge on any atom is -0.309 e. The van der Waals surface area contributed by atoms with Crippen LogP contribution < -0.4 is 0 Å². The Morgan fingerprint density at radius 2 is 1.04 bits per heavy atom. The Hall–Kier alpha value is -6.17. The van der Waals surface area contributed by atoms with Crippen LogP contribution in [0.4, 0.5) is 0 Å². The van der Waals surface area contributed by atoms with Gasteiger partial charge in [-0.2, -0.15) is 0 Å². The Kier molecular flexibility index (Phi) is 6.01. The first-order valence-electron chi connectivity index (χ1n) is 16.0. The van der Waals surface area contributed by atoms with Crippen LogP contribution in [0.25, 0.3) is 93.6 Å². The molecule has 0 unspecified atom stereocenters. The minimum atomic E-state index is 0.634. The molecule has 10 aromatic rings. The van der Waals surface area contributed by atoms with Crippen molar-refractivity contribution in [3.8, 4) is 51.0 Å². The Morgan fingerprint density at radius 3 is 1.73 bits per heavy atom. The van der Waals surface area contributed by atoms with E-state index in [4.69, 9.17) is 15.0 Å². The second-order valence-corrected chi connectivity index (χ2v) is 13.0. The van der Waals surface area contributed by atoms with E-state index in [1.54, 1.807) is 0 Å². The van der Waals surface area contributed by atoms with Gasteiger partial charge in [0.1, 0.15) is 0 Å². The fourth-order valence-corrected chi connectivity index (χ4v) is 7.97. The Balaban J connectivity index is 1.29. The zero-order valence-electron chi connectivity index (χ0n) is 25.7. The summed E-state index contributed by atoms with van der Waals surface area (Å²) in [5.74, 6) is 1.93. The van der Waals surface area contributed by atoms with Crippen molar-refractivity contribution in [1.82, 2.24) is 19.5 Å². The monoisotopic (exact) mass is 630 g/mol. The summed E-state index contributed by atoms with van der Waals surface area (Å²) >= 11 is 1.81. The molecule has 0 bridgehead atoms. The van der Waals surface area contributed by atoms with Crippen LogP contribution in [-0.2, 0) is 0 Å². The molecule has 10 rings (SSSR count). The van der Waals surface area contributed by atoms with Gasteiger partial charge in [0.05, 0.1) is 11.0 Å². The van der Waals surface area contributed by atoms with Crippen LogP contribution in [0.3, 0.4) is 0 Å². The lowest BCUT2D eigenvalue weighted by molar-refractivity contribution is 1.07. The van der Waals surface area contributed by atoms with Gasteiger partial charge in [0.25, 0.3) is 0 Å². The molecule has 48 heavy (non-hydrogen) atoms. The maximum atomic E-state index is 5.11. The largest absolute Gasteiger partial charge is 0.309 e. The summed E-state index contributed by atoms with van der Waals surface area (Å²) in [5.41, 5.74) is 8.51. The molecule has 0 aliphatic rings. The van der Waals surface area contributed by atoms with Crippen molar-refractivity contribution in [1.29, 1.82) is 0 Å². The molecule has 0 saturated carbocycles. The predicted octanol–water partition coefficient (Wildman–Crippen LogP) is 11.4.